The van der Waals surface area contributed by atoms with E-state index >= 15 is 0 Å². The topological polar surface area (TPSA) is 109 Å². The zero-order valence-corrected chi connectivity index (χ0v) is 15.0. The molecule has 140 valence electrons. The van der Waals surface area contributed by atoms with E-state index < -0.39 is 10.9 Å². The summed E-state index contributed by atoms with van der Waals surface area (Å²) in [4.78, 5) is 23.3. The number of nitro benzene ring substituents is 1. The van der Waals surface area contributed by atoms with E-state index in [0.717, 1.165) is 4.88 Å². The van der Waals surface area contributed by atoms with E-state index in [1.54, 1.807) is 24.3 Å². The third kappa shape index (κ3) is 3.69. The molecule has 9 heteroatoms. The monoisotopic (exact) mass is 396 g/mol. The second kappa shape index (κ2) is 7.49. The minimum atomic E-state index is -0.645. The standard InChI is InChI=1S/C19H12N2O6S/c22-19(25-11-13-10-17(27-20-13)18-2-1-9-28-18)16-8-7-15(26-16)12-3-5-14(6-4-12)21(23)24/h1-10H,11H2. The van der Waals surface area contributed by atoms with Crippen LogP contribution in [0.5, 0.6) is 0 Å². The lowest BCUT2D eigenvalue weighted by Gasteiger charge is -2.00. The lowest BCUT2D eigenvalue weighted by Crippen LogP contribution is -2.04. The zero-order valence-electron chi connectivity index (χ0n) is 14.2. The van der Waals surface area contributed by atoms with Gasteiger partial charge in [-0.2, -0.15) is 0 Å². The lowest BCUT2D eigenvalue weighted by atomic mass is 10.1. The van der Waals surface area contributed by atoms with Crippen molar-refractivity contribution in [2.24, 2.45) is 0 Å². The van der Waals surface area contributed by atoms with Gasteiger partial charge in [0.05, 0.1) is 9.80 Å². The molecule has 28 heavy (non-hydrogen) atoms. The largest absolute Gasteiger partial charge is 0.453 e. The molecule has 3 heterocycles. The summed E-state index contributed by atoms with van der Waals surface area (Å²) in [6, 6.07) is 14.4. The molecule has 3 aromatic heterocycles. The van der Waals surface area contributed by atoms with Crippen molar-refractivity contribution in [3.8, 4) is 22.0 Å². The van der Waals surface area contributed by atoms with Gasteiger partial charge >= 0.3 is 5.97 Å². The number of hydrogen-bond donors (Lipinski definition) is 0. The molecule has 1 aromatic carbocycles. The Morgan fingerprint density at radius 1 is 1.14 bits per heavy atom. The van der Waals surface area contributed by atoms with Crippen LogP contribution in [0.2, 0.25) is 0 Å². The van der Waals surface area contributed by atoms with Crippen LogP contribution in [0.4, 0.5) is 5.69 Å². The van der Waals surface area contributed by atoms with Gasteiger partial charge in [0.15, 0.2) is 5.76 Å². The van der Waals surface area contributed by atoms with Gasteiger partial charge in [-0.3, -0.25) is 10.1 Å². The van der Waals surface area contributed by atoms with Crippen LogP contribution in [0, 0.1) is 10.1 Å². The van der Waals surface area contributed by atoms with Gasteiger partial charge in [-0.1, -0.05) is 11.2 Å². The van der Waals surface area contributed by atoms with E-state index in [0.29, 0.717) is 22.8 Å². The molecule has 0 amide bonds. The average Bonchev–Trinajstić information content (AvgIpc) is 3.47. The molecule has 0 aliphatic heterocycles. The molecule has 0 bridgehead atoms. The van der Waals surface area contributed by atoms with Crippen LogP contribution in [0.3, 0.4) is 0 Å². The Bertz CT molecular complexity index is 1110. The van der Waals surface area contributed by atoms with Gasteiger partial charge in [0, 0.05) is 23.8 Å². The van der Waals surface area contributed by atoms with Crippen molar-refractivity contribution in [3.05, 3.63) is 81.5 Å². The molecule has 0 saturated heterocycles. The van der Waals surface area contributed by atoms with Crippen LogP contribution in [0.1, 0.15) is 16.2 Å². The summed E-state index contributed by atoms with van der Waals surface area (Å²) in [6.45, 7) is -0.0543. The fourth-order valence-corrected chi connectivity index (χ4v) is 3.15. The number of ether oxygens (including phenoxy) is 1. The fraction of sp³-hybridized carbons (Fsp3) is 0.0526. The molecule has 4 rings (SSSR count). The summed E-state index contributed by atoms with van der Waals surface area (Å²) in [5.74, 6) is 0.395. The highest BCUT2D eigenvalue weighted by atomic mass is 32.1. The van der Waals surface area contributed by atoms with Crippen LogP contribution in [-0.2, 0) is 11.3 Å². The Labute approximate surface area is 162 Å². The number of carbonyl (C=O) groups excluding carboxylic acids is 1. The Morgan fingerprint density at radius 2 is 1.96 bits per heavy atom. The number of thiophene rings is 1. The second-order valence-electron chi connectivity index (χ2n) is 5.70. The summed E-state index contributed by atoms with van der Waals surface area (Å²) in [6.07, 6.45) is 0. The van der Waals surface area contributed by atoms with Crippen LogP contribution in [0.25, 0.3) is 22.0 Å². The summed E-state index contributed by atoms with van der Waals surface area (Å²) in [5.41, 5.74) is 1.07. The van der Waals surface area contributed by atoms with Gasteiger partial charge in [-0.15, -0.1) is 11.3 Å². The molecule has 4 aromatic rings. The first-order chi connectivity index (χ1) is 13.6. The van der Waals surface area contributed by atoms with E-state index in [1.165, 1.54) is 29.5 Å². The minimum Gasteiger partial charge on any atom is -0.453 e. The van der Waals surface area contributed by atoms with Crippen molar-refractivity contribution < 1.29 is 23.4 Å². The predicted octanol–water partition coefficient (Wildman–Crippen LogP) is 4.93. The number of furan rings is 1. The number of non-ortho nitro benzene ring substituents is 1. The molecule has 0 unspecified atom stereocenters. The predicted molar refractivity (Wildman–Crippen MR) is 99.7 cm³/mol. The number of carbonyl (C=O) groups is 1. The quantitative estimate of drug-likeness (QED) is 0.258. The highest BCUT2D eigenvalue weighted by Gasteiger charge is 2.16. The molecule has 0 fully saturated rings. The number of benzene rings is 1. The molecule has 0 aliphatic rings. The maximum Gasteiger partial charge on any atom is 0.374 e. The Kier molecular flexibility index (Phi) is 4.73. The van der Waals surface area contributed by atoms with Crippen molar-refractivity contribution >= 4 is 23.0 Å². The van der Waals surface area contributed by atoms with Gasteiger partial charge in [-0.05, 0) is 35.7 Å². The van der Waals surface area contributed by atoms with Crippen molar-refractivity contribution in [1.29, 1.82) is 0 Å². The number of hydrogen-bond acceptors (Lipinski definition) is 8. The van der Waals surface area contributed by atoms with Gasteiger partial charge in [-0.25, -0.2) is 4.79 Å². The van der Waals surface area contributed by atoms with Crippen LogP contribution in [0.15, 0.2) is 68.9 Å². The number of esters is 1. The maximum absolute atomic E-state index is 12.2. The van der Waals surface area contributed by atoms with E-state index in [9.17, 15) is 14.9 Å². The molecular formula is C19H12N2O6S. The highest BCUT2D eigenvalue weighted by molar-refractivity contribution is 7.13. The van der Waals surface area contributed by atoms with Gasteiger partial charge in [0.25, 0.3) is 5.69 Å². The average molecular weight is 396 g/mol. The van der Waals surface area contributed by atoms with Gasteiger partial charge < -0.3 is 13.7 Å². The maximum atomic E-state index is 12.2. The fourth-order valence-electron chi connectivity index (χ4n) is 2.48. The smallest absolute Gasteiger partial charge is 0.374 e. The number of nitrogens with zero attached hydrogens (tertiary/aromatic N) is 2. The minimum absolute atomic E-state index is 0.0235. The third-order valence-electron chi connectivity index (χ3n) is 3.84. The van der Waals surface area contributed by atoms with Crippen LogP contribution in [-0.4, -0.2) is 16.0 Å². The van der Waals surface area contributed by atoms with Gasteiger partial charge in [0.1, 0.15) is 18.1 Å². The number of aromatic nitrogens is 1. The molecule has 0 N–H and O–H groups in total. The van der Waals surface area contributed by atoms with Crippen molar-refractivity contribution in [2.45, 2.75) is 6.61 Å². The Morgan fingerprint density at radius 3 is 2.68 bits per heavy atom. The SMILES string of the molecule is O=C(OCc1cc(-c2cccs2)on1)c1ccc(-c2ccc([N+](=O)[O-])cc2)o1. The molecule has 8 nitrogen and oxygen atoms in total. The Balaban J connectivity index is 1.40. The number of rotatable bonds is 6. The van der Waals surface area contributed by atoms with Crippen molar-refractivity contribution in [3.63, 3.8) is 0 Å². The van der Waals surface area contributed by atoms with Crippen LogP contribution < -0.4 is 0 Å². The van der Waals surface area contributed by atoms with E-state index in [-0.39, 0.29) is 18.1 Å². The van der Waals surface area contributed by atoms with Gasteiger partial charge in [0.2, 0.25) is 5.76 Å². The summed E-state index contributed by atoms with van der Waals surface area (Å²) >= 11 is 1.52. The van der Waals surface area contributed by atoms with Crippen molar-refractivity contribution in [2.75, 3.05) is 0 Å². The van der Waals surface area contributed by atoms with Crippen molar-refractivity contribution in [1.82, 2.24) is 5.16 Å². The molecular weight excluding hydrogens is 384 g/mol. The third-order valence-corrected chi connectivity index (χ3v) is 4.73. The molecule has 0 saturated carbocycles. The van der Waals surface area contributed by atoms with E-state index in [2.05, 4.69) is 5.16 Å². The zero-order chi connectivity index (χ0) is 19.5. The first-order valence-electron chi connectivity index (χ1n) is 8.11. The molecule has 0 atom stereocenters. The summed E-state index contributed by atoms with van der Waals surface area (Å²) in [7, 11) is 0. The molecule has 0 radical (unpaired) electrons. The summed E-state index contributed by atoms with van der Waals surface area (Å²) < 4.78 is 15.9. The van der Waals surface area contributed by atoms with E-state index in [4.69, 9.17) is 13.7 Å². The normalized spacial score (nSPS) is 10.7. The Hall–Kier alpha value is -3.72. The first kappa shape index (κ1) is 17.7. The molecule has 0 spiro atoms. The van der Waals surface area contributed by atoms with Crippen LogP contribution >= 0.6 is 11.3 Å². The number of nitro groups is 1. The highest BCUT2D eigenvalue weighted by Crippen LogP contribution is 2.26. The second-order valence-corrected chi connectivity index (χ2v) is 6.65. The molecule has 0 aliphatic carbocycles. The van der Waals surface area contributed by atoms with E-state index in [1.807, 2.05) is 17.5 Å². The summed E-state index contributed by atoms with van der Waals surface area (Å²) in [5, 5.41) is 16.5. The lowest BCUT2D eigenvalue weighted by molar-refractivity contribution is -0.384. The first-order valence-corrected chi connectivity index (χ1v) is 8.99.